The maximum Gasteiger partial charge on any atom is 0.255 e. The summed E-state index contributed by atoms with van der Waals surface area (Å²) in [6.07, 6.45) is 1.68. The average molecular weight is 389 g/mol. The first-order valence-electron chi connectivity index (χ1n) is 9.30. The number of benzene rings is 3. The Labute approximate surface area is 170 Å². The fourth-order valence-electron chi connectivity index (χ4n) is 2.53. The second-order valence-electron chi connectivity index (χ2n) is 6.11. The van der Waals surface area contributed by atoms with Gasteiger partial charge in [-0.2, -0.15) is 0 Å². The van der Waals surface area contributed by atoms with Crippen molar-refractivity contribution in [2.24, 2.45) is 0 Å². The number of carbonyl (C=O) groups excluding carboxylic acids is 1. The molecule has 5 nitrogen and oxygen atoms in total. The summed E-state index contributed by atoms with van der Waals surface area (Å²) in [5.41, 5.74) is 1.24. The van der Waals surface area contributed by atoms with Gasteiger partial charge in [-0.25, -0.2) is 0 Å². The molecular weight excluding hydrogens is 366 g/mol. The fourth-order valence-corrected chi connectivity index (χ4v) is 2.53. The van der Waals surface area contributed by atoms with E-state index in [0.717, 1.165) is 11.5 Å². The van der Waals surface area contributed by atoms with Crippen molar-refractivity contribution in [3.63, 3.8) is 0 Å². The number of nitrogens with one attached hydrogen (secondary N) is 1. The van der Waals surface area contributed by atoms with Crippen LogP contribution in [0.25, 0.3) is 0 Å². The predicted octanol–water partition coefficient (Wildman–Crippen LogP) is 4.96. The van der Waals surface area contributed by atoms with Gasteiger partial charge in [0, 0.05) is 11.3 Å². The molecule has 148 valence electrons. The van der Waals surface area contributed by atoms with Crippen molar-refractivity contribution < 1.29 is 19.0 Å². The van der Waals surface area contributed by atoms with Gasteiger partial charge >= 0.3 is 0 Å². The van der Waals surface area contributed by atoms with Crippen LogP contribution in [0.4, 0.5) is 5.69 Å². The molecule has 0 aliphatic carbocycles. The zero-order valence-corrected chi connectivity index (χ0v) is 16.0. The van der Waals surface area contributed by atoms with Gasteiger partial charge < -0.3 is 19.5 Å². The van der Waals surface area contributed by atoms with Crippen LogP contribution in [0.2, 0.25) is 0 Å². The van der Waals surface area contributed by atoms with E-state index in [1.165, 1.54) is 0 Å². The van der Waals surface area contributed by atoms with E-state index < -0.39 is 0 Å². The van der Waals surface area contributed by atoms with E-state index in [9.17, 15) is 4.79 Å². The number of carbonyl (C=O) groups is 1. The Morgan fingerprint density at radius 3 is 1.93 bits per heavy atom. The molecule has 1 N–H and O–H groups in total. The van der Waals surface area contributed by atoms with Crippen LogP contribution in [-0.4, -0.2) is 25.7 Å². The van der Waals surface area contributed by atoms with Gasteiger partial charge in [-0.3, -0.25) is 4.79 Å². The lowest BCUT2D eigenvalue weighted by Crippen LogP contribution is -2.12. The molecule has 0 heterocycles. The zero-order valence-electron chi connectivity index (χ0n) is 16.0. The van der Waals surface area contributed by atoms with E-state index in [-0.39, 0.29) is 5.91 Å². The number of hydrogen-bond acceptors (Lipinski definition) is 4. The summed E-state index contributed by atoms with van der Waals surface area (Å²) in [7, 11) is 0. The molecule has 0 saturated carbocycles. The average Bonchev–Trinajstić information content (AvgIpc) is 2.77. The summed E-state index contributed by atoms with van der Waals surface area (Å²) in [5.74, 6) is 2.02. The highest BCUT2D eigenvalue weighted by Crippen LogP contribution is 2.18. The number of hydrogen-bond donors (Lipinski definition) is 1. The second kappa shape index (κ2) is 10.6. The van der Waals surface area contributed by atoms with Gasteiger partial charge in [-0.15, -0.1) is 0 Å². The molecule has 0 atom stereocenters. The normalized spacial score (nSPS) is 10.1. The van der Waals surface area contributed by atoms with Crippen molar-refractivity contribution in [3.05, 3.63) is 97.1 Å². The molecule has 3 aromatic rings. The summed E-state index contributed by atoms with van der Waals surface area (Å²) >= 11 is 0. The van der Waals surface area contributed by atoms with Crippen molar-refractivity contribution in [1.82, 2.24) is 0 Å². The highest BCUT2D eigenvalue weighted by Gasteiger charge is 2.07. The highest BCUT2D eigenvalue weighted by molar-refractivity contribution is 6.04. The SMILES string of the molecule is C=CCOc1ccc(NC(=O)c2ccc(OCCOc3ccccc3)cc2)cc1. The number of amides is 1. The number of anilines is 1. The molecule has 0 saturated heterocycles. The maximum atomic E-state index is 12.4. The van der Waals surface area contributed by atoms with Crippen molar-refractivity contribution in [2.75, 3.05) is 25.1 Å². The molecule has 3 rings (SSSR count). The van der Waals surface area contributed by atoms with Gasteiger partial charge in [0.1, 0.15) is 37.1 Å². The van der Waals surface area contributed by atoms with E-state index in [1.807, 2.05) is 30.3 Å². The van der Waals surface area contributed by atoms with Crippen LogP contribution in [0, 0.1) is 0 Å². The molecule has 0 fully saturated rings. The Bertz CT molecular complexity index is 906. The van der Waals surface area contributed by atoms with Crippen LogP contribution in [-0.2, 0) is 0 Å². The lowest BCUT2D eigenvalue weighted by atomic mass is 10.2. The largest absolute Gasteiger partial charge is 0.490 e. The Balaban J connectivity index is 1.45. The first-order valence-corrected chi connectivity index (χ1v) is 9.30. The second-order valence-corrected chi connectivity index (χ2v) is 6.11. The predicted molar refractivity (Wildman–Crippen MR) is 114 cm³/mol. The van der Waals surface area contributed by atoms with Gasteiger partial charge in [0.05, 0.1) is 0 Å². The van der Waals surface area contributed by atoms with Gasteiger partial charge in [-0.05, 0) is 60.7 Å². The first-order chi connectivity index (χ1) is 14.2. The number of ether oxygens (including phenoxy) is 3. The minimum atomic E-state index is -0.191. The van der Waals surface area contributed by atoms with E-state index in [4.69, 9.17) is 14.2 Å². The third-order valence-corrected chi connectivity index (χ3v) is 3.96. The van der Waals surface area contributed by atoms with Crippen LogP contribution in [0.5, 0.6) is 17.2 Å². The van der Waals surface area contributed by atoms with E-state index >= 15 is 0 Å². The third-order valence-electron chi connectivity index (χ3n) is 3.96. The lowest BCUT2D eigenvalue weighted by molar-refractivity contribution is 0.102. The molecule has 0 aliphatic rings. The van der Waals surface area contributed by atoms with Crippen molar-refractivity contribution in [1.29, 1.82) is 0 Å². The summed E-state index contributed by atoms with van der Waals surface area (Å²) in [6.45, 7) is 4.91. The quantitative estimate of drug-likeness (QED) is 0.393. The molecule has 1 amide bonds. The van der Waals surface area contributed by atoms with Crippen LogP contribution < -0.4 is 19.5 Å². The third kappa shape index (κ3) is 6.43. The zero-order chi connectivity index (χ0) is 20.3. The minimum absolute atomic E-state index is 0.191. The summed E-state index contributed by atoms with van der Waals surface area (Å²) in [6, 6.07) is 23.7. The van der Waals surface area contributed by atoms with Crippen molar-refractivity contribution in [2.45, 2.75) is 0 Å². The van der Waals surface area contributed by atoms with Gasteiger partial charge in [0.15, 0.2) is 0 Å². The molecule has 0 aliphatic heterocycles. The Kier molecular flexibility index (Phi) is 7.29. The van der Waals surface area contributed by atoms with Gasteiger partial charge in [0.2, 0.25) is 0 Å². The molecule has 0 bridgehead atoms. The van der Waals surface area contributed by atoms with E-state index in [0.29, 0.717) is 36.8 Å². The van der Waals surface area contributed by atoms with E-state index in [2.05, 4.69) is 11.9 Å². The lowest BCUT2D eigenvalue weighted by Gasteiger charge is -2.10. The van der Waals surface area contributed by atoms with Crippen molar-refractivity contribution >= 4 is 11.6 Å². The molecule has 5 heteroatoms. The number of rotatable bonds is 10. The fraction of sp³-hybridized carbons (Fsp3) is 0.125. The molecule has 0 unspecified atom stereocenters. The summed E-state index contributed by atoms with van der Waals surface area (Å²) < 4.78 is 16.7. The Hall–Kier alpha value is -3.73. The smallest absolute Gasteiger partial charge is 0.255 e. The minimum Gasteiger partial charge on any atom is -0.490 e. The van der Waals surface area contributed by atoms with Crippen LogP contribution >= 0.6 is 0 Å². The Morgan fingerprint density at radius 1 is 0.759 bits per heavy atom. The van der Waals surface area contributed by atoms with Crippen LogP contribution in [0.1, 0.15) is 10.4 Å². The molecule has 0 spiro atoms. The van der Waals surface area contributed by atoms with Gasteiger partial charge in [0.25, 0.3) is 5.91 Å². The van der Waals surface area contributed by atoms with E-state index in [1.54, 1.807) is 54.6 Å². The maximum absolute atomic E-state index is 12.4. The molecule has 0 aromatic heterocycles. The van der Waals surface area contributed by atoms with Crippen LogP contribution in [0.3, 0.4) is 0 Å². The van der Waals surface area contributed by atoms with Crippen molar-refractivity contribution in [3.8, 4) is 17.2 Å². The monoisotopic (exact) mass is 389 g/mol. The molecular formula is C24H23NO4. The summed E-state index contributed by atoms with van der Waals surface area (Å²) in [4.78, 5) is 12.4. The van der Waals surface area contributed by atoms with Crippen LogP contribution in [0.15, 0.2) is 91.5 Å². The topological polar surface area (TPSA) is 56.8 Å². The summed E-state index contributed by atoms with van der Waals surface area (Å²) in [5, 5.41) is 2.86. The molecule has 0 radical (unpaired) electrons. The standard InChI is InChI=1S/C24H23NO4/c1-2-16-27-23-14-10-20(11-15-23)25-24(26)19-8-12-22(13-9-19)29-18-17-28-21-6-4-3-5-7-21/h2-15H,1,16-18H2,(H,25,26). The highest BCUT2D eigenvalue weighted by atomic mass is 16.5. The number of para-hydroxylation sites is 1. The Morgan fingerprint density at radius 2 is 1.31 bits per heavy atom. The molecule has 29 heavy (non-hydrogen) atoms. The molecule has 3 aromatic carbocycles. The van der Waals surface area contributed by atoms with Gasteiger partial charge in [-0.1, -0.05) is 30.9 Å². The first kappa shape index (κ1) is 20.0.